The minimum atomic E-state index is 0.347. The van der Waals surface area contributed by atoms with Gasteiger partial charge in [0.15, 0.2) is 0 Å². The molecule has 0 radical (unpaired) electrons. The lowest BCUT2D eigenvalue weighted by Crippen LogP contribution is -2.65. The Balaban J connectivity index is 1.93. The van der Waals surface area contributed by atoms with Crippen LogP contribution in [0, 0.1) is 5.92 Å². The lowest BCUT2D eigenvalue weighted by atomic mass is 9.86. The van der Waals surface area contributed by atoms with Crippen molar-refractivity contribution in [1.82, 2.24) is 10.2 Å². The van der Waals surface area contributed by atoms with Crippen molar-refractivity contribution in [2.45, 2.75) is 71.1 Å². The summed E-state index contributed by atoms with van der Waals surface area (Å²) in [5, 5.41) is 3.82. The van der Waals surface area contributed by atoms with Gasteiger partial charge in [-0.05, 0) is 45.4 Å². The summed E-state index contributed by atoms with van der Waals surface area (Å²) < 4.78 is 5.78. The second-order valence-electron chi connectivity index (χ2n) is 6.62. The molecule has 1 aliphatic heterocycles. The predicted molar refractivity (Wildman–Crippen MR) is 80.5 cm³/mol. The average molecular weight is 268 g/mol. The van der Waals surface area contributed by atoms with E-state index in [0.29, 0.717) is 11.6 Å². The first kappa shape index (κ1) is 15.3. The van der Waals surface area contributed by atoms with Crippen LogP contribution >= 0.6 is 0 Å². The van der Waals surface area contributed by atoms with E-state index in [2.05, 4.69) is 37.9 Å². The highest BCUT2D eigenvalue weighted by molar-refractivity contribution is 5.01. The van der Waals surface area contributed by atoms with E-state index in [4.69, 9.17) is 4.74 Å². The highest BCUT2D eigenvalue weighted by Gasteiger charge is 2.42. The van der Waals surface area contributed by atoms with Gasteiger partial charge >= 0.3 is 0 Å². The molecule has 0 aromatic rings. The zero-order chi connectivity index (χ0) is 13.9. The summed E-state index contributed by atoms with van der Waals surface area (Å²) in [4.78, 5) is 2.72. The maximum atomic E-state index is 5.78. The summed E-state index contributed by atoms with van der Waals surface area (Å²) in [6.07, 6.45) is 5.67. The smallest absolute Gasteiger partial charge is 0.0597 e. The Morgan fingerprint density at radius 3 is 2.47 bits per heavy atom. The Kier molecular flexibility index (Phi) is 5.27. The Morgan fingerprint density at radius 2 is 1.95 bits per heavy atom. The number of piperazine rings is 1. The van der Waals surface area contributed by atoms with Crippen molar-refractivity contribution >= 4 is 0 Å². The van der Waals surface area contributed by atoms with Crippen LogP contribution in [0.4, 0.5) is 0 Å². The Bertz CT molecular complexity index is 272. The highest BCUT2D eigenvalue weighted by Crippen LogP contribution is 2.37. The Hall–Kier alpha value is -0.120. The number of rotatable bonds is 7. The highest BCUT2D eigenvalue weighted by atomic mass is 16.5. The SMILES string of the molecule is CCC1(CC)CNC(C2CC2)CN1CCOC(C)C. The summed E-state index contributed by atoms with van der Waals surface area (Å²) in [6.45, 7) is 13.2. The summed E-state index contributed by atoms with van der Waals surface area (Å²) in [7, 11) is 0. The number of ether oxygens (including phenoxy) is 1. The molecule has 0 amide bonds. The van der Waals surface area contributed by atoms with Gasteiger partial charge in [-0.3, -0.25) is 4.90 Å². The van der Waals surface area contributed by atoms with Gasteiger partial charge in [-0.25, -0.2) is 0 Å². The van der Waals surface area contributed by atoms with Gasteiger partial charge in [-0.1, -0.05) is 13.8 Å². The van der Waals surface area contributed by atoms with Crippen LogP contribution in [-0.2, 0) is 4.74 Å². The minimum absolute atomic E-state index is 0.347. The van der Waals surface area contributed by atoms with E-state index in [-0.39, 0.29) is 0 Å². The van der Waals surface area contributed by atoms with Crippen molar-refractivity contribution in [1.29, 1.82) is 0 Å². The van der Waals surface area contributed by atoms with Gasteiger partial charge in [0.1, 0.15) is 0 Å². The van der Waals surface area contributed by atoms with Crippen molar-refractivity contribution < 1.29 is 4.74 Å². The number of nitrogens with one attached hydrogen (secondary N) is 1. The molecule has 1 N–H and O–H groups in total. The molecule has 19 heavy (non-hydrogen) atoms. The van der Waals surface area contributed by atoms with Crippen LogP contribution in [-0.4, -0.2) is 48.8 Å². The molecule has 1 aliphatic carbocycles. The molecule has 0 aromatic carbocycles. The summed E-state index contributed by atoms with van der Waals surface area (Å²) in [6, 6.07) is 0.727. The second-order valence-corrected chi connectivity index (χ2v) is 6.62. The summed E-state index contributed by atoms with van der Waals surface area (Å²) in [5.74, 6) is 0.945. The number of hydrogen-bond acceptors (Lipinski definition) is 3. The fourth-order valence-corrected chi connectivity index (χ4v) is 3.42. The third-order valence-corrected chi connectivity index (χ3v) is 5.10. The molecule has 2 fully saturated rings. The van der Waals surface area contributed by atoms with Crippen LogP contribution in [0.15, 0.2) is 0 Å². The lowest BCUT2D eigenvalue weighted by Gasteiger charge is -2.50. The summed E-state index contributed by atoms with van der Waals surface area (Å²) in [5.41, 5.74) is 0.353. The third kappa shape index (κ3) is 3.71. The molecule has 1 unspecified atom stereocenters. The van der Waals surface area contributed by atoms with Gasteiger partial charge in [0.2, 0.25) is 0 Å². The number of hydrogen-bond donors (Lipinski definition) is 1. The summed E-state index contributed by atoms with van der Waals surface area (Å²) >= 11 is 0. The van der Waals surface area contributed by atoms with Crippen molar-refractivity contribution in [2.75, 3.05) is 26.2 Å². The number of nitrogens with zero attached hydrogens (tertiary/aromatic N) is 1. The van der Waals surface area contributed by atoms with Crippen molar-refractivity contribution in [3.8, 4) is 0 Å². The van der Waals surface area contributed by atoms with E-state index in [0.717, 1.165) is 31.7 Å². The largest absolute Gasteiger partial charge is 0.377 e. The van der Waals surface area contributed by atoms with Gasteiger partial charge in [0.05, 0.1) is 12.7 Å². The van der Waals surface area contributed by atoms with E-state index in [9.17, 15) is 0 Å². The quantitative estimate of drug-likeness (QED) is 0.768. The molecule has 2 aliphatic rings. The van der Waals surface area contributed by atoms with Crippen molar-refractivity contribution in [2.24, 2.45) is 5.92 Å². The van der Waals surface area contributed by atoms with Crippen molar-refractivity contribution in [3.63, 3.8) is 0 Å². The van der Waals surface area contributed by atoms with Crippen LogP contribution in [0.5, 0.6) is 0 Å². The molecule has 3 nitrogen and oxygen atoms in total. The first-order chi connectivity index (χ1) is 9.11. The molecule has 1 saturated heterocycles. The van der Waals surface area contributed by atoms with Crippen molar-refractivity contribution in [3.05, 3.63) is 0 Å². The molecule has 1 atom stereocenters. The van der Waals surface area contributed by atoms with E-state index in [1.165, 1.54) is 32.2 Å². The molecule has 2 rings (SSSR count). The maximum absolute atomic E-state index is 5.78. The Morgan fingerprint density at radius 1 is 1.26 bits per heavy atom. The standard InChI is InChI=1S/C16H32N2O/c1-5-16(6-2)12-17-15(14-7-8-14)11-18(16)9-10-19-13(3)4/h13-15,17H,5-12H2,1-4H3. The van der Waals surface area contributed by atoms with E-state index >= 15 is 0 Å². The Labute approximate surface area is 119 Å². The van der Waals surface area contributed by atoms with Gasteiger partial charge in [-0.15, -0.1) is 0 Å². The van der Waals surface area contributed by atoms with Crippen LogP contribution in [0.3, 0.4) is 0 Å². The zero-order valence-corrected chi connectivity index (χ0v) is 13.2. The molecule has 3 heteroatoms. The first-order valence-corrected chi connectivity index (χ1v) is 8.21. The average Bonchev–Trinajstić information content (AvgIpc) is 3.23. The van der Waals surface area contributed by atoms with Crippen LogP contribution < -0.4 is 5.32 Å². The van der Waals surface area contributed by atoms with E-state index in [1.54, 1.807) is 0 Å². The minimum Gasteiger partial charge on any atom is -0.377 e. The molecule has 1 saturated carbocycles. The molecule has 1 heterocycles. The monoisotopic (exact) mass is 268 g/mol. The normalized spacial score (nSPS) is 27.9. The van der Waals surface area contributed by atoms with Crippen LogP contribution in [0.25, 0.3) is 0 Å². The molecule has 112 valence electrons. The van der Waals surface area contributed by atoms with Gasteiger partial charge in [0.25, 0.3) is 0 Å². The van der Waals surface area contributed by atoms with Gasteiger partial charge in [0, 0.05) is 31.2 Å². The molecular formula is C16H32N2O. The topological polar surface area (TPSA) is 24.5 Å². The van der Waals surface area contributed by atoms with Crippen LogP contribution in [0.1, 0.15) is 53.4 Å². The fraction of sp³-hybridized carbons (Fsp3) is 1.00. The predicted octanol–water partition coefficient (Wildman–Crippen LogP) is 2.65. The van der Waals surface area contributed by atoms with E-state index < -0.39 is 0 Å². The fourth-order valence-electron chi connectivity index (χ4n) is 3.42. The maximum Gasteiger partial charge on any atom is 0.0597 e. The van der Waals surface area contributed by atoms with Crippen LogP contribution in [0.2, 0.25) is 0 Å². The molecular weight excluding hydrogens is 236 g/mol. The first-order valence-electron chi connectivity index (χ1n) is 8.21. The third-order valence-electron chi connectivity index (χ3n) is 5.10. The van der Waals surface area contributed by atoms with E-state index in [1.807, 2.05) is 0 Å². The van der Waals surface area contributed by atoms with Gasteiger partial charge in [-0.2, -0.15) is 0 Å². The molecule has 0 bridgehead atoms. The van der Waals surface area contributed by atoms with Gasteiger partial charge < -0.3 is 10.1 Å². The second kappa shape index (κ2) is 6.55. The lowest BCUT2D eigenvalue weighted by molar-refractivity contribution is -0.0100. The zero-order valence-electron chi connectivity index (χ0n) is 13.2. The molecule has 0 spiro atoms. The molecule has 0 aromatic heterocycles.